The van der Waals surface area contributed by atoms with Crippen molar-refractivity contribution in [1.29, 1.82) is 0 Å². The summed E-state index contributed by atoms with van der Waals surface area (Å²) in [7, 11) is -3.74. The molecule has 7 heteroatoms. The smallest absolute Gasteiger partial charge is 0.261 e. The average molecular weight is 423 g/mol. The van der Waals surface area contributed by atoms with Crippen LogP contribution < -0.4 is 10.0 Å². The van der Waals surface area contributed by atoms with Crippen molar-refractivity contribution in [2.24, 2.45) is 5.92 Å². The Morgan fingerprint density at radius 3 is 2.43 bits per heavy atom. The Kier molecular flexibility index (Phi) is 8.33. The largest absolute Gasteiger partial charge is 0.352 e. The van der Waals surface area contributed by atoms with Gasteiger partial charge >= 0.3 is 0 Å². The van der Waals surface area contributed by atoms with Gasteiger partial charge in [-0.3, -0.25) is 9.52 Å². The van der Waals surface area contributed by atoms with Crippen LogP contribution in [-0.4, -0.2) is 20.9 Å². The topological polar surface area (TPSA) is 75.3 Å². The minimum absolute atomic E-state index is 0.144. The number of carbonyl (C=O) groups is 1. The fourth-order valence-corrected chi connectivity index (χ4v) is 4.21. The highest BCUT2D eigenvalue weighted by Gasteiger charge is 2.17. The molecule has 1 unspecified atom stereocenters. The van der Waals surface area contributed by atoms with Crippen molar-refractivity contribution in [3.05, 3.63) is 59.1 Å². The lowest BCUT2D eigenvalue weighted by atomic mass is 9.99. The number of halogens is 1. The summed E-state index contributed by atoms with van der Waals surface area (Å²) >= 11 is 6.22. The van der Waals surface area contributed by atoms with Gasteiger partial charge in [-0.15, -0.1) is 0 Å². The zero-order chi connectivity index (χ0) is 20.6. The normalized spacial score (nSPS) is 12.4. The number of rotatable bonds is 10. The zero-order valence-corrected chi connectivity index (χ0v) is 17.8. The van der Waals surface area contributed by atoms with Crippen LogP contribution in [0.15, 0.2) is 53.4 Å². The van der Waals surface area contributed by atoms with Gasteiger partial charge in [0.05, 0.1) is 15.6 Å². The van der Waals surface area contributed by atoms with Crippen molar-refractivity contribution < 1.29 is 13.2 Å². The second-order valence-corrected chi connectivity index (χ2v) is 8.83. The number of hydrogen-bond acceptors (Lipinski definition) is 3. The first-order valence-corrected chi connectivity index (χ1v) is 11.4. The molecule has 0 radical (unpaired) electrons. The summed E-state index contributed by atoms with van der Waals surface area (Å²) < 4.78 is 27.3. The van der Waals surface area contributed by atoms with Crippen molar-refractivity contribution in [3.63, 3.8) is 0 Å². The molecule has 0 aromatic heterocycles. The summed E-state index contributed by atoms with van der Waals surface area (Å²) in [5, 5.41) is 3.11. The number of unbranched alkanes of at least 4 members (excludes halogenated alkanes) is 1. The van der Waals surface area contributed by atoms with Crippen LogP contribution in [0.2, 0.25) is 5.02 Å². The van der Waals surface area contributed by atoms with Crippen LogP contribution in [0.3, 0.4) is 0 Å². The summed E-state index contributed by atoms with van der Waals surface area (Å²) in [6.07, 6.45) is 4.40. The first-order valence-electron chi connectivity index (χ1n) is 9.53. The lowest BCUT2D eigenvalue weighted by Gasteiger charge is -2.16. The minimum atomic E-state index is -3.74. The Balaban J connectivity index is 2.04. The molecule has 0 fully saturated rings. The van der Waals surface area contributed by atoms with E-state index >= 15 is 0 Å². The molecule has 0 bridgehead atoms. The molecule has 0 saturated carbocycles. The number of amides is 1. The van der Waals surface area contributed by atoms with Crippen molar-refractivity contribution in [3.8, 4) is 0 Å². The van der Waals surface area contributed by atoms with E-state index in [1.165, 1.54) is 24.3 Å². The highest BCUT2D eigenvalue weighted by Crippen LogP contribution is 2.26. The SMILES string of the molecule is CCCCC(CC)CNC(=O)c1ccc(NS(=O)(=O)c2ccccc2)c(Cl)c1. The molecule has 1 atom stereocenters. The number of anilines is 1. The highest BCUT2D eigenvalue weighted by molar-refractivity contribution is 7.92. The fourth-order valence-electron chi connectivity index (χ4n) is 2.82. The van der Waals surface area contributed by atoms with Crippen molar-refractivity contribution in [2.45, 2.75) is 44.4 Å². The third-order valence-corrected chi connectivity index (χ3v) is 6.32. The van der Waals surface area contributed by atoms with Crippen LogP contribution >= 0.6 is 11.6 Å². The number of benzene rings is 2. The van der Waals surface area contributed by atoms with Crippen LogP contribution in [0.1, 0.15) is 49.9 Å². The molecule has 0 saturated heterocycles. The molecule has 2 aromatic rings. The standard InChI is InChI=1S/C21H27ClN2O3S/c1-3-5-9-16(4-2)15-23-21(25)17-12-13-20(19(22)14-17)24-28(26,27)18-10-7-6-8-11-18/h6-8,10-14,16,24H,3-5,9,15H2,1-2H3,(H,23,25). The van der Waals surface area contributed by atoms with E-state index in [0.29, 0.717) is 18.0 Å². The van der Waals surface area contributed by atoms with E-state index in [2.05, 4.69) is 23.9 Å². The van der Waals surface area contributed by atoms with Gasteiger partial charge in [0.1, 0.15) is 0 Å². The molecule has 0 aliphatic rings. The Bertz CT molecular complexity index is 886. The van der Waals surface area contributed by atoms with E-state index < -0.39 is 10.0 Å². The molecule has 1 amide bonds. The van der Waals surface area contributed by atoms with Crippen LogP contribution in [0.4, 0.5) is 5.69 Å². The predicted octanol–water partition coefficient (Wildman–Crippen LogP) is 5.09. The summed E-state index contributed by atoms with van der Waals surface area (Å²) in [4.78, 5) is 12.5. The van der Waals surface area contributed by atoms with E-state index in [-0.39, 0.29) is 21.5 Å². The maximum atomic E-state index is 12.4. The zero-order valence-electron chi connectivity index (χ0n) is 16.2. The molecule has 0 aliphatic carbocycles. The third kappa shape index (κ3) is 6.24. The molecular weight excluding hydrogens is 396 g/mol. The van der Waals surface area contributed by atoms with Crippen LogP contribution in [0, 0.1) is 5.92 Å². The molecule has 0 spiro atoms. The highest BCUT2D eigenvalue weighted by atomic mass is 35.5. The second-order valence-electron chi connectivity index (χ2n) is 6.74. The molecule has 28 heavy (non-hydrogen) atoms. The number of hydrogen-bond donors (Lipinski definition) is 2. The van der Waals surface area contributed by atoms with E-state index in [1.807, 2.05) is 0 Å². The van der Waals surface area contributed by atoms with Gasteiger partial charge in [-0.05, 0) is 42.7 Å². The first-order chi connectivity index (χ1) is 13.4. The molecular formula is C21H27ClN2O3S. The fraction of sp³-hybridized carbons (Fsp3) is 0.381. The Morgan fingerprint density at radius 2 is 1.82 bits per heavy atom. The third-order valence-electron chi connectivity index (χ3n) is 4.62. The summed E-state index contributed by atoms with van der Waals surface area (Å²) in [6, 6.07) is 12.6. The van der Waals surface area contributed by atoms with E-state index in [0.717, 1.165) is 25.7 Å². The van der Waals surface area contributed by atoms with Crippen molar-refractivity contribution in [2.75, 3.05) is 11.3 Å². The van der Waals surface area contributed by atoms with Crippen molar-refractivity contribution >= 4 is 33.2 Å². The van der Waals surface area contributed by atoms with Gasteiger partial charge in [0, 0.05) is 12.1 Å². The molecule has 5 nitrogen and oxygen atoms in total. The summed E-state index contributed by atoms with van der Waals surface area (Å²) in [6.45, 7) is 4.90. The predicted molar refractivity (Wildman–Crippen MR) is 114 cm³/mol. The van der Waals surface area contributed by atoms with Gasteiger partial charge in [0.2, 0.25) is 0 Å². The van der Waals surface area contributed by atoms with Gasteiger partial charge < -0.3 is 5.32 Å². The quantitative estimate of drug-likeness (QED) is 0.560. The summed E-state index contributed by atoms with van der Waals surface area (Å²) in [5.41, 5.74) is 0.634. The van der Waals surface area contributed by atoms with E-state index in [9.17, 15) is 13.2 Å². The lowest BCUT2D eigenvalue weighted by Crippen LogP contribution is -2.29. The first kappa shape index (κ1) is 22.2. The maximum Gasteiger partial charge on any atom is 0.261 e. The van der Waals surface area contributed by atoms with Gasteiger partial charge in [-0.2, -0.15) is 0 Å². The number of carbonyl (C=O) groups excluding carboxylic acids is 1. The van der Waals surface area contributed by atoms with Gasteiger partial charge in [0.15, 0.2) is 0 Å². The van der Waals surface area contributed by atoms with E-state index in [4.69, 9.17) is 11.6 Å². The number of nitrogens with one attached hydrogen (secondary N) is 2. The summed E-state index contributed by atoms with van der Waals surface area (Å²) in [5.74, 6) is 0.241. The van der Waals surface area contributed by atoms with Crippen LogP contribution in [-0.2, 0) is 10.0 Å². The molecule has 0 aliphatic heterocycles. The molecule has 2 aromatic carbocycles. The van der Waals surface area contributed by atoms with Gasteiger partial charge in [-0.25, -0.2) is 8.42 Å². The monoisotopic (exact) mass is 422 g/mol. The Morgan fingerprint density at radius 1 is 1.11 bits per heavy atom. The maximum absolute atomic E-state index is 12.4. The van der Waals surface area contributed by atoms with Crippen molar-refractivity contribution in [1.82, 2.24) is 5.32 Å². The molecule has 0 heterocycles. The Hall–Kier alpha value is -2.05. The Labute approximate surface area is 172 Å². The average Bonchev–Trinajstić information content (AvgIpc) is 2.70. The number of sulfonamides is 1. The van der Waals surface area contributed by atoms with Gasteiger partial charge in [0.25, 0.3) is 15.9 Å². The minimum Gasteiger partial charge on any atom is -0.352 e. The molecule has 2 N–H and O–H groups in total. The lowest BCUT2D eigenvalue weighted by molar-refractivity contribution is 0.0946. The molecule has 152 valence electrons. The van der Waals surface area contributed by atoms with Crippen LogP contribution in [0.25, 0.3) is 0 Å². The van der Waals surface area contributed by atoms with E-state index in [1.54, 1.807) is 24.3 Å². The van der Waals surface area contributed by atoms with Crippen LogP contribution in [0.5, 0.6) is 0 Å². The second kappa shape index (κ2) is 10.5. The van der Waals surface area contributed by atoms with Gasteiger partial charge in [-0.1, -0.05) is 62.9 Å². The molecule has 2 rings (SSSR count).